The lowest BCUT2D eigenvalue weighted by atomic mass is 9.91. The molecule has 0 bridgehead atoms. The Balaban J connectivity index is 1.75. The van der Waals surface area contributed by atoms with Gasteiger partial charge < -0.3 is 9.64 Å². The maximum Gasteiger partial charge on any atom is 0.410 e. The van der Waals surface area contributed by atoms with Crippen LogP contribution in [0, 0.1) is 0 Å². The minimum absolute atomic E-state index is 0.0895. The fraction of sp³-hybridized carbons (Fsp3) is 0.321. The monoisotopic (exact) mass is 447 g/mol. The Hall–Kier alpha value is -2.72. The summed E-state index contributed by atoms with van der Waals surface area (Å²) in [5, 5.41) is 0. The Kier molecular flexibility index (Phi) is 8.81. The van der Waals surface area contributed by atoms with Gasteiger partial charge in [-0.3, -0.25) is 0 Å². The van der Waals surface area contributed by atoms with Gasteiger partial charge in [0, 0.05) is 23.9 Å². The van der Waals surface area contributed by atoms with Gasteiger partial charge in [0.1, 0.15) is 5.60 Å². The van der Waals surface area contributed by atoms with Crippen molar-refractivity contribution in [1.82, 2.24) is 4.90 Å². The first-order chi connectivity index (χ1) is 15.4. The van der Waals surface area contributed by atoms with E-state index in [-0.39, 0.29) is 12.0 Å². The van der Waals surface area contributed by atoms with Crippen LogP contribution in [0.2, 0.25) is 0 Å². The number of hydrogen-bond donors (Lipinski definition) is 0. The van der Waals surface area contributed by atoms with E-state index in [0.29, 0.717) is 13.1 Å². The van der Waals surface area contributed by atoms with Gasteiger partial charge >= 0.3 is 6.09 Å². The van der Waals surface area contributed by atoms with E-state index in [0.717, 1.165) is 12.2 Å². The maximum absolute atomic E-state index is 13.1. The molecule has 0 saturated carbocycles. The molecule has 0 N–H and O–H groups in total. The molecule has 0 radical (unpaired) electrons. The van der Waals surface area contributed by atoms with Crippen LogP contribution in [-0.2, 0) is 4.74 Å². The van der Waals surface area contributed by atoms with Crippen molar-refractivity contribution in [1.29, 1.82) is 0 Å². The predicted molar refractivity (Wildman–Crippen MR) is 134 cm³/mol. The number of ether oxygens (including phenoxy) is 1. The summed E-state index contributed by atoms with van der Waals surface area (Å²) in [5.41, 5.74) is 1.88. The van der Waals surface area contributed by atoms with Crippen molar-refractivity contribution in [3.05, 3.63) is 102 Å². The largest absolute Gasteiger partial charge is 0.444 e. The summed E-state index contributed by atoms with van der Waals surface area (Å²) in [4.78, 5) is 16.2. The predicted octanol–water partition coefficient (Wildman–Crippen LogP) is 7.24. The molecule has 0 unspecified atom stereocenters. The fourth-order valence-electron chi connectivity index (χ4n) is 3.54. The molecule has 1 amide bonds. The van der Waals surface area contributed by atoms with Crippen LogP contribution in [0.4, 0.5) is 4.79 Å². The molecule has 0 aromatic heterocycles. The first-order valence-corrected chi connectivity index (χ1v) is 12.2. The van der Waals surface area contributed by atoms with Gasteiger partial charge in [0.05, 0.1) is 0 Å². The third kappa shape index (κ3) is 7.76. The van der Waals surface area contributed by atoms with Gasteiger partial charge in [-0.05, 0) is 56.2 Å². The number of benzene rings is 3. The third-order valence-electron chi connectivity index (χ3n) is 5.04. The second-order valence-electron chi connectivity index (χ2n) is 8.82. The molecule has 0 atom stereocenters. The molecule has 0 saturated heterocycles. The van der Waals surface area contributed by atoms with Crippen LogP contribution in [0.1, 0.15) is 44.2 Å². The van der Waals surface area contributed by atoms with E-state index in [2.05, 4.69) is 72.8 Å². The molecule has 0 fully saturated rings. The van der Waals surface area contributed by atoms with Crippen molar-refractivity contribution in [2.45, 2.75) is 43.6 Å². The van der Waals surface area contributed by atoms with E-state index < -0.39 is 5.60 Å². The Morgan fingerprint density at radius 2 is 1.34 bits per heavy atom. The van der Waals surface area contributed by atoms with Gasteiger partial charge in [-0.1, -0.05) is 78.9 Å². The number of carbonyl (C=O) groups excluding carboxylic acids is 1. The van der Waals surface area contributed by atoms with Crippen LogP contribution in [0.5, 0.6) is 0 Å². The highest BCUT2D eigenvalue weighted by molar-refractivity contribution is 7.99. The van der Waals surface area contributed by atoms with Crippen LogP contribution in [0.25, 0.3) is 0 Å². The summed E-state index contributed by atoms with van der Waals surface area (Å²) in [6.45, 7) is 6.99. The van der Waals surface area contributed by atoms with Gasteiger partial charge in [0.2, 0.25) is 0 Å². The molecule has 0 heterocycles. The average molecular weight is 448 g/mol. The zero-order valence-corrected chi connectivity index (χ0v) is 20.1. The van der Waals surface area contributed by atoms with Gasteiger partial charge in [-0.2, -0.15) is 0 Å². The van der Waals surface area contributed by atoms with E-state index >= 15 is 0 Å². The number of rotatable bonds is 9. The number of thioether (sulfide) groups is 1. The zero-order valence-electron chi connectivity index (χ0n) is 19.2. The summed E-state index contributed by atoms with van der Waals surface area (Å²) < 4.78 is 5.77. The number of carbonyl (C=O) groups is 1. The van der Waals surface area contributed by atoms with Crippen LogP contribution in [-0.4, -0.2) is 35.4 Å². The Labute approximate surface area is 196 Å². The maximum atomic E-state index is 13.1. The Morgan fingerprint density at radius 3 is 1.84 bits per heavy atom. The first kappa shape index (κ1) is 23.9. The minimum Gasteiger partial charge on any atom is -0.444 e. The highest BCUT2D eigenvalue weighted by Gasteiger charge is 2.26. The molecule has 168 valence electrons. The quantitative estimate of drug-likeness (QED) is 0.256. The lowest BCUT2D eigenvalue weighted by Gasteiger charge is -2.31. The molecule has 3 rings (SSSR count). The van der Waals surface area contributed by atoms with E-state index in [9.17, 15) is 4.79 Å². The highest BCUT2D eigenvalue weighted by atomic mass is 32.2. The van der Waals surface area contributed by atoms with Gasteiger partial charge in [-0.15, -0.1) is 11.8 Å². The minimum atomic E-state index is -0.525. The molecular weight excluding hydrogens is 414 g/mol. The summed E-state index contributed by atoms with van der Waals surface area (Å²) in [5.74, 6) is 1.04. The van der Waals surface area contributed by atoms with Crippen molar-refractivity contribution in [3.63, 3.8) is 0 Å². The average Bonchev–Trinajstić information content (AvgIpc) is 2.79. The van der Waals surface area contributed by atoms with E-state index in [1.165, 1.54) is 16.0 Å². The van der Waals surface area contributed by atoms with Crippen molar-refractivity contribution >= 4 is 17.9 Å². The van der Waals surface area contributed by atoms with Crippen molar-refractivity contribution in [3.8, 4) is 0 Å². The normalized spacial score (nSPS) is 11.4. The van der Waals surface area contributed by atoms with Crippen molar-refractivity contribution in [2.24, 2.45) is 0 Å². The van der Waals surface area contributed by atoms with Crippen molar-refractivity contribution in [2.75, 3.05) is 18.8 Å². The highest BCUT2D eigenvalue weighted by Crippen LogP contribution is 2.27. The van der Waals surface area contributed by atoms with Gasteiger partial charge in [-0.25, -0.2) is 4.79 Å². The summed E-state index contributed by atoms with van der Waals surface area (Å²) in [6.07, 6.45) is 0.647. The summed E-state index contributed by atoms with van der Waals surface area (Å²) >= 11 is 1.82. The smallest absolute Gasteiger partial charge is 0.410 e. The molecule has 3 aromatic carbocycles. The van der Waals surface area contributed by atoms with Gasteiger partial charge in [0.15, 0.2) is 0 Å². The SMILES string of the molecule is CC(C)(C)OC(=O)N(CCCSc1ccccc1)CC(c1ccccc1)c1ccccc1. The molecule has 0 aliphatic rings. The second kappa shape index (κ2) is 11.8. The molecule has 32 heavy (non-hydrogen) atoms. The topological polar surface area (TPSA) is 29.5 Å². The summed E-state index contributed by atoms with van der Waals surface area (Å²) in [6, 6.07) is 31.2. The molecule has 0 spiro atoms. The van der Waals surface area contributed by atoms with Crippen LogP contribution < -0.4 is 0 Å². The van der Waals surface area contributed by atoms with E-state index in [1.807, 2.05) is 55.6 Å². The number of hydrogen-bond acceptors (Lipinski definition) is 3. The Bertz CT molecular complexity index is 900. The fourth-order valence-corrected chi connectivity index (χ4v) is 4.40. The standard InChI is InChI=1S/C28H33NO2S/c1-28(2,3)31-27(30)29(20-13-21-32-25-18-11-6-12-19-25)22-26(23-14-7-4-8-15-23)24-16-9-5-10-17-24/h4-12,14-19,26H,13,20-22H2,1-3H3. The van der Waals surface area contributed by atoms with Crippen molar-refractivity contribution < 1.29 is 9.53 Å². The van der Waals surface area contributed by atoms with E-state index in [1.54, 1.807) is 0 Å². The van der Waals surface area contributed by atoms with Crippen LogP contribution in [0.3, 0.4) is 0 Å². The zero-order chi connectivity index (χ0) is 22.8. The number of amides is 1. The molecular formula is C28H33NO2S. The molecule has 3 nitrogen and oxygen atoms in total. The molecule has 4 heteroatoms. The summed E-state index contributed by atoms with van der Waals surface area (Å²) in [7, 11) is 0. The van der Waals surface area contributed by atoms with E-state index in [4.69, 9.17) is 4.74 Å². The van der Waals surface area contributed by atoms with Crippen LogP contribution >= 0.6 is 11.8 Å². The third-order valence-corrected chi connectivity index (χ3v) is 6.14. The molecule has 0 aliphatic heterocycles. The molecule has 3 aromatic rings. The lowest BCUT2D eigenvalue weighted by Crippen LogP contribution is -2.40. The molecule has 0 aliphatic carbocycles. The Morgan fingerprint density at radius 1 is 0.844 bits per heavy atom. The van der Waals surface area contributed by atoms with Gasteiger partial charge in [0.25, 0.3) is 0 Å². The number of nitrogens with zero attached hydrogens (tertiary/aromatic N) is 1. The first-order valence-electron chi connectivity index (χ1n) is 11.2. The second-order valence-corrected chi connectivity index (χ2v) is 9.98. The van der Waals surface area contributed by atoms with Crippen LogP contribution in [0.15, 0.2) is 95.9 Å². The lowest BCUT2D eigenvalue weighted by molar-refractivity contribution is 0.0244.